The summed E-state index contributed by atoms with van der Waals surface area (Å²) in [7, 11) is 0. The maximum Gasteiger partial charge on any atom is 0.418 e. The lowest BCUT2D eigenvalue weighted by molar-refractivity contribution is -0.137. The third-order valence-corrected chi connectivity index (χ3v) is 3.32. The van der Waals surface area contributed by atoms with Crippen molar-refractivity contribution in [2.45, 2.75) is 38.9 Å². The van der Waals surface area contributed by atoms with E-state index in [1.54, 1.807) is 0 Å². The zero-order valence-corrected chi connectivity index (χ0v) is 11.6. The van der Waals surface area contributed by atoms with Gasteiger partial charge in [-0.1, -0.05) is 13.8 Å². The molecule has 1 aromatic rings. The van der Waals surface area contributed by atoms with Crippen LogP contribution in [0.2, 0.25) is 0 Å². The highest BCUT2D eigenvalue weighted by Gasteiger charge is 2.38. The van der Waals surface area contributed by atoms with Crippen molar-refractivity contribution >= 4 is 12.0 Å². The first-order valence-corrected chi connectivity index (χ1v) is 6.76. The SMILES string of the molecule is CC(C)CN(c1ccc(C=O)cc1C(F)(F)F)C1CC1. The van der Waals surface area contributed by atoms with Crippen LogP contribution in [0.4, 0.5) is 18.9 Å². The molecule has 0 unspecified atom stereocenters. The fraction of sp³-hybridized carbons (Fsp3) is 0.533. The van der Waals surface area contributed by atoms with Crippen LogP contribution in [-0.2, 0) is 6.18 Å². The van der Waals surface area contributed by atoms with Gasteiger partial charge in [0.05, 0.1) is 5.56 Å². The first-order valence-electron chi connectivity index (χ1n) is 6.76. The maximum absolute atomic E-state index is 13.2. The summed E-state index contributed by atoms with van der Waals surface area (Å²) in [5.74, 6) is 0.280. The van der Waals surface area contributed by atoms with Gasteiger partial charge in [-0.15, -0.1) is 0 Å². The molecule has 0 bridgehead atoms. The number of anilines is 1. The molecule has 0 radical (unpaired) electrons. The highest BCUT2D eigenvalue weighted by atomic mass is 19.4. The van der Waals surface area contributed by atoms with Crippen LogP contribution in [0.3, 0.4) is 0 Å². The Bertz CT molecular complexity index is 492. The molecule has 1 aromatic carbocycles. The average Bonchev–Trinajstić information content (AvgIpc) is 3.18. The molecule has 0 amide bonds. The van der Waals surface area contributed by atoms with Gasteiger partial charge in [0.1, 0.15) is 6.29 Å². The minimum absolute atomic E-state index is 0.0568. The molecule has 0 heterocycles. The first-order chi connectivity index (χ1) is 9.32. The molecular formula is C15H18F3NO. The van der Waals surface area contributed by atoms with Crippen molar-refractivity contribution in [1.29, 1.82) is 0 Å². The molecule has 1 saturated carbocycles. The Hall–Kier alpha value is -1.52. The monoisotopic (exact) mass is 285 g/mol. The summed E-state index contributed by atoms with van der Waals surface area (Å²) < 4.78 is 39.6. The molecule has 0 N–H and O–H groups in total. The first kappa shape index (κ1) is 14.9. The number of carbonyl (C=O) groups excluding carboxylic acids is 1. The number of aldehydes is 1. The summed E-state index contributed by atoms with van der Waals surface area (Å²) >= 11 is 0. The fourth-order valence-electron chi connectivity index (χ4n) is 2.33. The smallest absolute Gasteiger partial charge is 0.368 e. The Morgan fingerprint density at radius 3 is 2.45 bits per heavy atom. The van der Waals surface area contributed by atoms with Gasteiger partial charge >= 0.3 is 6.18 Å². The van der Waals surface area contributed by atoms with E-state index in [0.717, 1.165) is 18.9 Å². The van der Waals surface area contributed by atoms with Gasteiger partial charge in [0.15, 0.2) is 0 Å². The van der Waals surface area contributed by atoms with Crippen LogP contribution >= 0.6 is 0 Å². The van der Waals surface area contributed by atoms with Crippen LogP contribution in [0.15, 0.2) is 18.2 Å². The van der Waals surface area contributed by atoms with Crippen LogP contribution in [0.5, 0.6) is 0 Å². The second-order valence-electron chi connectivity index (χ2n) is 5.67. The molecule has 0 atom stereocenters. The quantitative estimate of drug-likeness (QED) is 0.758. The largest absolute Gasteiger partial charge is 0.418 e. The van der Waals surface area contributed by atoms with E-state index in [9.17, 15) is 18.0 Å². The van der Waals surface area contributed by atoms with E-state index < -0.39 is 11.7 Å². The van der Waals surface area contributed by atoms with E-state index in [-0.39, 0.29) is 23.2 Å². The van der Waals surface area contributed by atoms with Crippen molar-refractivity contribution in [3.05, 3.63) is 29.3 Å². The van der Waals surface area contributed by atoms with Crippen LogP contribution < -0.4 is 4.90 Å². The summed E-state index contributed by atoms with van der Waals surface area (Å²) in [6.45, 7) is 4.57. The molecule has 1 aliphatic carbocycles. The van der Waals surface area contributed by atoms with E-state index in [4.69, 9.17) is 0 Å². The Morgan fingerprint density at radius 1 is 1.35 bits per heavy atom. The van der Waals surface area contributed by atoms with Gasteiger partial charge in [0.25, 0.3) is 0 Å². The van der Waals surface area contributed by atoms with E-state index in [2.05, 4.69) is 0 Å². The van der Waals surface area contributed by atoms with Crippen molar-refractivity contribution < 1.29 is 18.0 Å². The van der Waals surface area contributed by atoms with Gasteiger partial charge < -0.3 is 4.90 Å². The Balaban J connectivity index is 2.45. The van der Waals surface area contributed by atoms with Gasteiger partial charge in [-0.2, -0.15) is 13.2 Å². The van der Waals surface area contributed by atoms with Gasteiger partial charge in [-0.3, -0.25) is 4.79 Å². The Kier molecular flexibility index (Phi) is 4.06. The molecule has 5 heteroatoms. The standard InChI is InChI=1S/C15H18F3NO/c1-10(2)8-19(12-4-5-12)14-6-3-11(9-20)7-13(14)15(16,17)18/h3,6-7,9-10,12H,4-5,8H2,1-2H3. The van der Waals surface area contributed by atoms with Crippen LogP contribution in [0.1, 0.15) is 42.6 Å². The number of halogens is 3. The van der Waals surface area contributed by atoms with E-state index in [1.807, 2.05) is 18.7 Å². The lowest BCUT2D eigenvalue weighted by Gasteiger charge is -2.29. The van der Waals surface area contributed by atoms with Crippen molar-refractivity contribution in [3.8, 4) is 0 Å². The second-order valence-corrected chi connectivity index (χ2v) is 5.67. The molecule has 0 spiro atoms. The molecular weight excluding hydrogens is 267 g/mol. The second kappa shape index (κ2) is 5.46. The maximum atomic E-state index is 13.2. The van der Waals surface area contributed by atoms with Crippen molar-refractivity contribution in [1.82, 2.24) is 0 Å². The number of rotatable bonds is 5. The lowest BCUT2D eigenvalue weighted by Crippen LogP contribution is -2.31. The van der Waals surface area contributed by atoms with Crippen LogP contribution in [-0.4, -0.2) is 18.9 Å². The normalized spacial score (nSPS) is 15.5. The molecule has 0 aromatic heterocycles. The van der Waals surface area contributed by atoms with Gasteiger partial charge in [0, 0.05) is 23.8 Å². The van der Waals surface area contributed by atoms with Gasteiger partial charge in [0.2, 0.25) is 0 Å². The number of carbonyl (C=O) groups is 1. The van der Waals surface area contributed by atoms with Crippen LogP contribution in [0.25, 0.3) is 0 Å². The molecule has 20 heavy (non-hydrogen) atoms. The minimum Gasteiger partial charge on any atom is -0.368 e. The third-order valence-electron chi connectivity index (χ3n) is 3.32. The summed E-state index contributed by atoms with van der Waals surface area (Å²) in [4.78, 5) is 12.5. The molecule has 0 aliphatic heterocycles. The summed E-state index contributed by atoms with van der Waals surface area (Å²) in [6.07, 6.45) is -2.14. The highest BCUT2D eigenvalue weighted by molar-refractivity contribution is 5.77. The number of hydrogen-bond donors (Lipinski definition) is 0. The van der Waals surface area contributed by atoms with Crippen LogP contribution in [0, 0.1) is 5.92 Å². The highest BCUT2D eigenvalue weighted by Crippen LogP contribution is 2.41. The summed E-state index contributed by atoms with van der Waals surface area (Å²) in [5.41, 5.74) is -0.463. The molecule has 0 saturated heterocycles. The molecule has 1 aliphatic rings. The zero-order valence-electron chi connectivity index (χ0n) is 11.6. The minimum atomic E-state index is -4.45. The summed E-state index contributed by atoms with van der Waals surface area (Å²) in [6, 6.07) is 4.01. The number of hydrogen-bond acceptors (Lipinski definition) is 2. The Labute approximate surface area is 116 Å². The topological polar surface area (TPSA) is 20.3 Å². The van der Waals surface area contributed by atoms with Gasteiger partial charge in [-0.25, -0.2) is 0 Å². The number of nitrogens with zero attached hydrogens (tertiary/aromatic N) is 1. The zero-order chi connectivity index (χ0) is 14.9. The average molecular weight is 285 g/mol. The van der Waals surface area contributed by atoms with Crippen molar-refractivity contribution in [2.24, 2.45) is 5.92 Å². The molecule has 2 nitrogen and oxygen atoms in total. The van der Waals surface area contributed by atoms with Crippen molar-refractivity contribution in [2.75, 3.05) is 11.4 Å². The fourth-order valence-corrected chi connectivity index (χ4v) is 2.33. The Morgan fingerprint density at radius 2 is 2.00 bits per heavy atom. The molecule has 2 rings (SSSR count). The summed E-state index contributed by atoms with van der Waals surface area (Å²) in [5, 5.41) is 0. The number of benzene rings is 1. The van der Waals surface area contributed by atoms with Crippen molar-refractivity contribution in [3.63, 3.8) is 0 Å². The predicted octanol–water partition coefficient (Wildman–Crippen LogP) is 4.14. The number of alkyl halides is 3. The van der Waals surface area contributed by atoms with E-state index >= 15 is 0 Å². The third kappa shape index (κ3) is 3.32. The molecule has 1 fully saturated rings. The molecule has 110 valence electrons. The lowest BCUT2D eigenvalue weighted by atomic mass is 10.1. The van der Waals surface area contributed by atoms with E-state index in [1.165, 1.54) is 12.1 Å². The predicted molar refractivity (Wildman–Crippen MR) is 72.0 cm³/mol. The van der Waals surface area contributed by atoms with Gasteiger partial charge in [-0.05, 0) is 37.0 Å². The van der Waals surface area contributed by atoms with E-state index in [0.29, 0.717) is 12.8 Å².